The lowest BCUT2D eigenvalue weighted by molar-refractivity contribution is -0.121. The predicted molar refractivity (Wildman–Crippen MR) is 120 cm³/mol. The summed E-state index contributed by atoms with van der Waals surface area (Å²) in [7, 11) is -3.65. The molecule has 2 aliphatic rings. The van der Waals surface area contributed by atoms with E-state index in [-0.39, 0.29) is 16.8 Å². The van der Waals surface area contributed by atoms with Crippen LogP contribution in [0.4, 0.5) is 5.69 Å². The second-order valence-corrected chi connectivity index (χ2v) is 10.3. The molecule has 2 aromatic carbocycles. The number of fused-ring (bicyclic) bond motifs is 1. The molecule has 2 aliphatic heterocycles. The summed E-state index contributed by atoms with van der Waals surface area (Å²) in [5.74, 6) is 0.885. The molecular weight excluding hydrogens is 486 g/mol. The molecule has 10 heteroatoms. The third kappa shape index (κ3) is 4.87. The van der Waals surface area contributed by atoms with Crippen LogP contribution in [0.25, 0.3) is 0 Å². The second kappa shape index (κ2) is 9.15. The van der Waals surface area contributed by atoms with E-state index in [9.17, 15) is 13.2 Å². The van der Waals surface area contributed by atoms with Crippen LogP contribution in [-0.4, -0.2) is 69.0 Å². The van der Waals surface area contributed by atoms with Gasteiger partial charge < -0.3 is 14.8 Å². The Morgan fingerprint density at radius 1 is 1.00 bits per heavy atom. The van der Waals surface area contributed by atoms with Crippen molar-refractivity contribution in [1.29, 1.82) is 0 Å². The Bertz CT molecular complexity index is 1050. The quantitative estimate of drug-likeness (QED) is 0.666. The number of amides is 1. The summed E-state index contributed by atoms with van der Waals surface area (Å²) in [5.41, 5.74) is 0.722. The van der Waals surface area contributed by atoms with Crippen molar-refractivity contribution in [3.8, 4) is 11.5 Å². The normalized spacial score (nSPS) is 18.4. The van der Waals surface area contributed by atoms with Crippen LogP contribution in [0, 0.1) is 0 Å². The Hall–Kier alpha value is -2.14. The fourth-order valence-corrected chi connectivity index (χ4v) is 5.31. The van der Waals surface area contributed by atoms with Gasteiger partial charge in [-0.05, 0) is 43.3 Å². The van der Waals surface area contributed by atoms with E-state index < -0.39 is 10.0 Å². The van der Waals surface area contributed by atoms with Gasteiger partial charge in [0, 0.05) is 42.4 Å². The number of benzene rings is 2. The van der Waals surface area contributed by atoms with Crippen LogP contribution in [-0.2, 0) is 14.8 Å². The average Bonchev–Trinajstić information content (AvgIpc) is 2.79. The van der Waals surface area contributed by atoms with E-state index in [4.69, 9.17) is 9.47 Å². The number of anilines is 1. The molecule has 4 rings (SSSR count). The van der Waals surface area contributed by atoms with Gasteiger partial charge in [0.2, 0.25) is 15.9 Å². The Balaban J connectivity index is 1.37. The maximum Gasteiger partial charge on any atom is 0.243 e. The maximum atomic E-state index is 13.1. The summed E-state index contributed by atoms with van der Waals surface area (Å²) in [6.45, 7) is 4.25. The monoisotopic (exact) mass is 509 g/mol. The first kappa shape index (κ1) is 22.1. The first-order valence-corrected chi connectivity index (χ1v) is 12.3. The Labute approximate surface area is 190 Å². The highest BCUT2D eigenvalue weighted by Crippen LogP contribution is 2.33. The number of carbonyl (C=O) groups excluding carboxylic acids is 1. The molecule has 0 unspecified atom stereocenters. The van der Waals surface area contributed by atoms with Gasteiger partial charge in [-0.2, -0.15) is 4.31 Å². The average molecular weight is 510 g/mol. The molecule has 1 N–H and O–H groups in total. The SMILES string of the molecule is C[C@H](C(=O)Nc1ccc(Br)cc1)N1CCN(S(=O)(=O)c2ccc3c(c2)OCCO3)CC1. The van der Waals surface area contributed by atoms with Crippen molar-refractivity contribution < 1.29 is 22.7 Å². The summed E-state index contributed by atoms with van der Waals surface area (Å²) in [5, 5.41) is 2.90. The van der Waals surface area contributed by atoms with Crippen molar-refractivity contribution in [2.45, 2.75) is 17.9 Å². The summed E-state index contributed by atoms with van der Waals surface area (Å²) >= 11 is 3.37. The van der Waals surface area contributed by atoms with Gasteiger partial charge in [0.15, 0.2) is 11.5 Å². The minimum Gasteiger partial charge on any atom is -0.486 e. The van der Waals surface area contributed by atoms with Gasteiger partial charge in [0.1, 0.15) is 13.2 Å². The molecule has 166 valence electrons. The number of nitrogens with one attached hydrogen (secondary N) is 1. The van der Waals surface area contributed by atoms with Crippen LogP contribution in [0.5, 0.6) is 11.5 Å². The minimum atomic E-state index is -3.65. The van der Waals surface area contributed by atoms with E-state index in [0.29, 0.717) is 50.9 Å². The smallest absolute Gasteiger partial charge is 0.243 e. The fraction of sp³-hybridized carbons (Fsp3) is 0.381. The molecule has 1 atom stereocenters. The van der Waals surface area contributed by atoms with Gasteiger partial charge in [-0.1, -0.05) is 15.9 Å². The molecule has 31 heavy (non-hydrogen) atoms. The molecule has 0 bridgehead atoms. The van der Waals surface area contributed by atoms with Gasteiger partial charge in [-0.25, -0.2) is 8.42 Å². The Morgan fingerprint density at radius 3 is 2.32 bits per heavy atom. The summed E-state index contributed by atoms with van der Waals surface area (Å²) in [6, 6.07) is 11.7. The van der Waals surface area contributed by atoms with Gasteiger partial charge in [0.25, 0.3) is 0 Å². The Morgan fingerprint density at radius 2 is 1.65 bits per heavy atom. The number of nitrogens with zero attached hydrogens (tertiary/aromatic N) is 2. The van der Waals surface area contributed by atoms with E-state index >= 15 is 0 Å². The summed E-state index contributed by atoms with van der Waals surface area (Å²) in [4.78, 5) is 14.8. The van der Waals surface area contributed by atoms with Crippen molar-refractivity contribution >= 4 is 37.5 Å². The van der Waals surface area contributed by atoms with Crippen LogP contribution in [0.2, 0.25) is 0 Å². The van der Waals surface area contributed by atoms with Crippen LogP contribution < -0.4 is 14.8 Å². The van der Waals surface area contributed by atoms with Crippen LogP contribution in [0.1, 0.15) is 6.92 Å². The highest BCUT2D eigenvalue weighted by molar-refractivity contribution is 9.10. The van der Waals surface area contributed by atoms with Crippen molar-refractivity contribution in [3.63, 3.8) is 0 Å². The zero-order chi connectivity index (χ0) is 22.0. The molecule has 0 spiro atoms. The number of carbonyl (C=O) groups is 1. The largest absolute Gasteiger partial charge is 0.486 e. The molecule has 2 aromatic rings. The number of hydrogen-bond acceptors (Lipinski definition) is 6. The lowest BCUT2D eigenvalue weighted by Crippen LogP contribution is -2.53. The van der Waals surface area contributed by atoms with Crippen molar-refractivity contribution in [1.82, 2.24) is 9.21 Å². The lowest BCUT2D eigenvalue weighted by atomic mass is 10.2. The van der Waals surface area contributed by atoms with Crippen molar-refractivity contribution in [2.24, 2.45) is 0 Å². The fourth-order valence-electron chi connectivity index (χ4n) is 3.61. The molecule has 1 amide bonds. The standard InChI is InChI=1S/C21H24BrN3O5S/c1-15(21(26)23-17-4-2-16(22)3-5-17)24-8-10-25(11-9-24)31(27,28)18-6-7-19-20(14-18)30-13-12-29-19/h2-7,14-15H,8-13H2,1H3,(H,23,26)/t15-/m1/s1. The first-order chi connectivity index (χ1) is 14.8. The third-order valence-corrected chi connectivity index (χ3v) is 7.89. The minimum absolute atomic E-state index is 0.120. The molecular formula is C21H24BrN3O5S. The zero-order valence-electron chi connectivity index (χ0n) is 17.1. The summed E-state index contributed by atoms with van der Waals surface area (Å²) in [6.07, 6.45) is 0. The molecule has 8 nitrogen and oxygen atoms in total. The molecule has 2 heterocycles. The molecule has 0 saturated carbocycles. The highest BCUT2D eigenvalue weighted by Gasteiger charge is 2.32. The number of ether oxygens (including phenoxy) is 2. The molecule has 0 radical (unpaired) electrons. The van der Waals surface area contributed by atoms with Gasteiger partial charge in [0.05, 0.1) is 10.9 Å². The Kier molecular flexibility index (Phi) is 6.52. The second-order valence-electron chi connectivity index (χ2n) is 7.42. The molecule has 1 saturated heterocycles. The highest BCUT2D eigenvalue weighted by atomic mass is 79.9. The topological polar surface area (TPSA) is 88.2 Å². The number of sulfonamides is 1. The van der Waals surface area contributed by atoms with Crippen molar-refractivity contribution in [2.75, 3.05) is 44.7 Å². The van der Waals surface area contributed by atoms with Gasteiger partial charge >= 0.3 is 0 Å². The lowest BCUT2D eigenvalue weighted by Gasteiger charge is -2.36. The number of piperazine rings is 1. The van der Waals surface area contributed by atoms with E-state index in [1.807, 2.05) is 36.1 Å². The molecule has 1 fully saturated rings. The summed E-state index contributed by atoms with van der Waals surface area (Å²) < 4.78 is 39.5. The molecule has 0 aromatic heterocycles. The van der Waals surface area contributed by atoms with Crippen LogP contribution in [0.15, 0.2) is 51.8 Å². The van der Waals surface area contributed by atoms with E-state index in [1.54, 1.807) is 12.1 Å². The van der Waals surface area contributed by atoms with Gasteiger partial charge in [-0.15, -0.1) is 0 Å². The maximum absolute atomic E-state index is 13.1. The van der Waals surface area contributed by atoms with Crippen LogP contribution in [0.3, 0.4) is 0 Å². The first-order valence-electron chi connectivity index (χ1n) is 10.0. The molecule has 0 aliphatic carbocycles. The van der Waals surface area contributed by atoms with E-state index in [1.165, 1.54) is 10.4 Å². The van der Waals surface area contributed by atoms with Crippen LogP contribution >= 0.6 is 15.9 Å². The van der Waals surface area contributed by atoms with E-state index in [0.717, 1.165) is 10.2 Å². The van der Waals surface area contributed by atoms with E-state index in [2.05, 4.69) is 21.2 Å². The zero-order valence-corrected chi connectivity index (χ0v) is 19.5. The third-order valence-electron chi connectivity index (χ3n) is 5.46. The van der Waals surface area contributed by atoms with Gasteiger partial charge in [-0.3, -0.25) is 9.69 Å². The predicted octanol–water partition coefficient (Wildman–Crippen LogP) is 2.55. The van der Waals surface area contributed by atoms with Crippen molar-refractivity contribution in [3.05, 3.63) is 46.9 Å². The number of hydrogen-bond donors (Lipinski definition) is 1. The number of rotatable bonds is 5. The number of halogens is 1.